The monoisotopic (exact) mass is 406 g/mol. The van der Waals surface area contributed by atoms with E-state index in [-0.39, 0.29) is 12.5 Å². The van der Waals surface area contributed by atoms with Gasteiger partial charge in [-0.25, -0.2) is 4.98 Å². The molecule has 1 aromatic heterocycles. The van der Waals surface area contributed by atoms with Crippen molar-refractivity contribution < 1.29 is 9.59 Å². The smallest absolute Gasteiger partial charge is 0.238 e. The molecule has 0 radical (unpaired) electrons. The molecule has 0 spiro atoms. The molecular weight excluding hydrogens is 384 g/mol. The van der Waals surface area contributed by atoms with E-state index in [1.807, 2.05) is 65.7 Å². The number of aromatic nitrogens is 1. The van der Waals surface area contributed by atoms with E-state index in [1.54, 1.807) is 11.3 Å². The highest BCUT2D eigenvalue weighted by Gasteiger charge is 2.31. The van der Waals surface area contributed by atoms with Gasteiger partial charge in [-0.1, -0.05) is 36.4 Å². The average Bonchev–Trinajstić information content (AvgIpc) is 3.14. The van der Waals surface area contributed by atoms with Crippen molar-refractivity contribution in [3.05, 3.63) is 70.0 Å². The molecule has 4 rings (SSSR count). The lowest BCUT2D eigenvalue weighted by Crippen LogP contribution is -2.50. The van der Waals surface area contributed by atoms with Crippen molar-refractivity contribution >= 4 is 28.8 Å². The molecule has 2 amide bonds. The van der Waals surface area contributed by atoms with Gasteiger partial charge in [-0.05, 0) is 36.6 Å². The number of thiazole rings is 1. The number of amides is 2. The van der Waals surface area contributed by atoms with Crippen LogP contribution in [-0.4, -0.2) is 34.3 Å². The van der Waals surface area contributed by atoms with Crippen molar-refractivity contribution in [3.8, 4) is 11.3 Å². The predicted molar refractivity (Wildman–Crippen MR) is 114 cm³/mol. The van der Waals surface area contributed by atoms with Crippen LogP contribution >= 0.6 is 11.3 Å². The molecule has 148 valence electrons. The van der Waals surface area contributed by atoms with E-state index >= 15 is 0 Å². The van der Waals surface area contributed by atoms with Crippen LogP contribution in [-0.2, 0) is 22.6 Å². The summed E-state index contributed by atoms with van der Waals surface area (Å²) in [7, 11) is 0. The summed E-state index contributed by atoms with van der Waals surface area (Å²) < 4.78 is 0. The number of hydrogen-bond donors (Lipinski definition) is 2. The second-order valence-electron chi connectivity index (χ2n) is 7.18. The third-order valence-corrected chi connectivity index (χ3v) is 5.86. The van der Waals surface area contributed by atoms with Crippen LogP contribution in [0.3, 0.4) is 0 Å². The van der Waals surface area contributed by atoms with Gasteiger partial charge in [0.15, 0.2) is 0 Å². The minimum absolute atomic E-state index is 0.0992. The molecule has 2 aromatic carbocycles. The first-order valence-corrected chi connectivity index (χ1v) is 10.3. The molecule has 3 N–H and O–H groups in total. The summed E-state index contributed by atoms with van der Waals surface area (Å²) in [6, 6.07) is 15.1. The van der Waals surface area contributed by atoms with E-state index in [4.69, 9.17) is 5.73 Å². The quantitative estimate of drug-likeness (QED) is 0.682. The van der Waals surface area contributed by atoms with Crippen molar-refractivity contribution in [1.82, 2.24) is 9.88 Å². The molecule has 0 unspecified atom stereocenters. The largest absolute Gasteiger partial charge is 0.368 e. The van der Waals surface area contributed by atoms with Gasteiger partial charge in [-0.3, -0.25) is 14.5 Å². The molecule has 1 aliphatic rings. The molecule has 7 heteroatoms. The Balaban J connectivity index is 1.47. The van der Waals surface area contributed by atoms with Gasteiger partial charge < -0.3 is 11.1 Å². The minimum atomic E-state index is -0.486. The zero-order valence-corrected chi connectivity index (χ0v) is 16.9. The molecule has 0 saturated carbocycles. The maximum absolute atomic E-state index is 12.7. The highest BCUT2D eigenvalue weighted by atomic mass is 32.1. The van der Waals surface area contributed by atoms with Gasteiger partial charge in [-0.2, -0.15) is 0 Å². The Labute approximate surface area is 173 Å². The van der Waals surface area contributed by atoms with Gasteiger partial charge in [0.05, 0.1) is 23.3 Å². The second kappa shape index (κ2) is 8.14. The zero-order valence-electron chi connectivity index (χ0n) is 16.1. The van der Waals surface area contributed by atoms with Crippen LogP contribution in [0.2, 0.25) is 0 Å². The third-order valence-electron chi connectivity index (χ3n) is 5.08. The van der Waals surface area contributed by atoms with Crippen molar-refractivity contribution in [3.63, 3.8) is 0 Å². The van der Waals surface area contributed by atoms with E-state index < -0.39 is 11.9 Å². The summed E-state index contributed by atoms with van der Waals surface area (Å²) in [6.45, 7) is 2.59. The minimum Gasteiger partial charge on any atom is -0.368 e. The Morgan fingerprint density at radius 1 is 1.21 bits per heavy atom. The molecule has 2 heterocycles. The molecule has 1 aliphatic heterocycles. The average molecular weight is 407 g/mol. The molecule has 0 saturated heterocycles. The summed E-state index contributed by atoms with van der Waals surface area (Å²) >= 11 is 1.59. The number of nitrogens with zero attached hydrogens (tertiary/aromatic N) is 2. The van der Waals surface area contributed by atoms with Gasteiger partial charge in [-0.15, -0.1) is 11.3 Å². The van der Waals surface area contributed by atoms with Gasteiger partial charge in [0.1, 0.15) is 0 Å². The Morgan fingerprint density at radius 3 is 2.72 bits per heavy atom. The maximum atomic E-state index is 12.7. The number of fused-ring (bicyclic) bond motifs is 1. The number of aryl methyl sites for hydroxylation is 1. The molecule has 6 nitrogen and oxygen atoms in total. The lowest BCUT2D eigenvalue weighted by molar-refractivity contribution is -0.125. The molecule has 0 aliphatic carbocycles. The van der Waals surface area contributed by atoms with E-state index in [9.17, 15) is 9.59 Å². The number of nitrogens with two attached hydrogens (primary N) is 1. The normalized spacial score (nSPS) is 16.2. The lowest BCUT2D eigenvalue weighted by atomic mass is 9.93. The molecule has 29 heavy (non-hydrogen) atoms. The molecule has 0 fully saturated rings. The van der Waals surface area contributed by atoms with Crippen molar-refractivity contribution in [2.24, 2.45) is 5.73 Å². The number of anilines is 1. The first kappa shape index (κ1) is 19.3. The Kier molecular flexibility index (Phi) is 5.42. The number of rotatable bonds is 5. The number of benzene rings is 2. The number of primary amides is 1. The maximum Gasteiger partial charge on any atom is 0.238 e. The fraction of sp³-hybridized carbons (Fsp3) is 0.227. The Bertz CT molecular complexity index is 1060. The van der Waals surface area contributed by atoms with E-state index in [1.165, 1.54) is 0 Å². The van der Waals surface area contributed by atoms with E-state index in [0.717, 1.165) is 27.4 Å². The van der Waals surface area contributed by atoms with Crippen molar-refractivity contribution in [2.75, 3.05) is 11.9 Å². The predicted octanol–water partition coefficient (Wildman–Crippen LogP) is 2.97. The third kappa shape index (κ3) is 4.36. The van der Waals surface area contributed by atoms with Crippen LogP contribution < -0.4 is 11.1 Å². The number of nitrogens with one attached hydrogen (secondary N) is 1. The van der Waals surface area contributed by atoms with Crippen LogP contribution in [0.4, 0.5) is 5.69 Å². The topological polar surface area (TPSA) is 88.3 Å². The lowest BCUT2D eigenvalue weighted by Gasteiger charge is -2.34. The number of carbonyl (C=O) groups is 2. The zero-order chi connectivity index (χ0) is 20.4. The van der Waals surface area contributed by atoms with Gasteiger partial charge >= 0.3 is 0 Å². The highest BCUT2D eigenvalue weighted by Crippen LogP contribution is 2.25. The first-order valence-electron chi connectivity index (χ1n) is 9.42. The fourth-order valence-corrected chi connectivity index (χ4v) is 4.28. The van der Waals surface area contributed by atoms with E-state index in [0.29, 0.717) is 18.7 Å². The summed E-state index contributed by atoms with van der Waals surface area (Å²) in [6.07, 6.45) is 0.525. The van der Waals surface area contributed by atoms with Gasteiger partial charge in [0.25, 0.3) is 0 Å². The summed E-state index contributed by atoms with van der Waals surface area (Å²) in [5, 5.41) is 5.93. The van der Waals surface area contributed by atoms with Crippen LogP contribution in [0.1, 0.15) is 16.1 Å². The summed E-state index contributed by atoms with van der Waals surface area (Å²) in [5.41, 5.74) is 10.4. The molecular formula is C22H22N4O2S. The van der Waals surface area contributed by atoms with Crippen LogP contribution in [0.5, 0.6) is 0 Å². The number of carbonyl (C=O) groups excluding carboxylic acids is 2. The second-order valence-corrected chi connectivity index (χ2v) is 8.24. The fourth-order valence-electron chi connectivity index (χ4n) is 3.66. The summed E-state index contributed by atoms with van der Waals surface area (Å²) in [4.78, 5) is 31.0. The standard InChI is InChI=1S/C22H22N4O2S/c1-14-24-19(13-29-14)16-7-4-8-18(9-16)25-21(27)12-26-11-17-6-3-2-5-15(17)10-20(26)22(23)28/h2-9,13,20H,10-12H2,1H3,(H2,23,28)(H,25,27)/t20-/m0/s1. The SMILES string of the molecule is Cc1nc(-c2cccc(NC(=O)CN3Cc4ccccc4C[C@H]3C(N)=O)c2)cs1. The van der Waals surface area contributed by atoms with Crippen LogP contribution in [0.25, 0.3) is 11.3 Å². The van der Waals surface area contributed by atoms with Crippen molar-refractivity contribution in [1.29, 1.82) is 0 Å². The van der Waals surface area contributed by atoms with Crippen LogP contribution in [0, 0.1) is 6.92 Å². The number of hydrogen-bond acceptors (Lipinski definition) is 5. The van der Waals surface area contributed by atoms with E-state index in [2.05, 4.69) is 10.3 Å². The summed E-state index contributed by atoms with van der Waals surface area (Å²) in [5.74, 6) is -0.588. The van der Waals surface area contributed by atoms with Crippen LogP contribution in [0.15, 0.2) is 53.9 Å². The Hall–Kier alpha value is -3.03. The molecule has 0 bridgehead atoms. The van der Waals surface area contributed by atoms with Gasteiger partial charge in [0, 0.05) is 23.2 Å². The molecule has 3 aromatic rings. The highest BCUT2D eigenvalue weighted by molar-refractivity contribution is 7.09. The molecule has 1 atom stereocenters. The van der Waals surface area contributed by atoms with Gasteiger partial charge in [0.2, 0.25) is 11.8 Å². The Morgan fingerprint density at radius 2 is 2.00 bits per heavy atom. The van der Waals surface area contributed by atoms with Crippen molar-refractivity contribution in [2.45, 2.75) is 25.9 Å². The first-order chi connectivity index (χ1) is 14.0.